The molecule has 1 fully saturated rings. The zero-order valence-electron chi connectivity index (χ0n) is 18.7. The predicted molar refractivity (Wildman–Crippen MR) is 137 cm³/mol. The number of unbranched alkanes of at least 4 members (excludes halogenated alkanes) is 2. The number of benzene rings is 2. The summed E-state index contributed by atoms with van der Waals surface area (Å²) in [5.41, 5.74) is 1.69. The van der Waals surface area contributed by atoms with E-state index in [1.54, 1.807) is 36.4 Å². The molecule has 2 N–H and O–H groups in total. The normalized spacial score (nSPS) is 16.6. The number of nitrogens with one attached hydrogen (secondary N) is 2. The molecule has 0 spiro atoms. The van der Waals surface area contributed by atoms with Crippen molar-refractivity contribution in [2.45, 2.75) is 32.1 Å². The summed E-state index contributed by atoms with van der Waals surface area (Å²) < 4.78 is 0. The molecule has 1 atom stereocenters. The molecule has 0 bridgehead atoms. The van der Waals surface area contributed by atoms with Gasteiger partial charge in [0.1, 0.15) is 0 Å². The van der Waals surface area contributed by atoms with Gasteiger partial charge in [-0.2, -0.15) is 0 Å². The molecule has 2 aromatic rings. The van der Waals surface area contributed by atoms with E-state index in [0.717, 1.165) is 63.0 Å². The molecule has 2 amide bonds. The van der Waals surface area contributed by atoms with Gasteiger partial charge in [0.05, 0.1) is 5.92 Å². The molecule has 2 aromatic carbocycles. The van der Waals surface area contributed by atoms with Gasteiger partial charge in [0.25, 0.3) is 0 Å². The van der Waals surface area contributed by atoms with Crippen LogP contribution in [0, 0.1) is 5.92 Å². The van der Waals surface area contributed by atoms with Gasteiger partial charge in [-0.25, -0.2) is 0 Å². The summed E-state index contributed by atoms with van der Waals surface area (Å²) in [6.07, 6.45) is 8.30. The first-order chi connectivity index (χ1) is 16.0. The van der Waals surface area contributed by atoms with Crippen LogP contribution in [0.4, 0.5) is 5.69 Å². The molecule has 0 radical (unpaired) electrons. The highest BCUT2D eigenvalue weighted by Gasteiger charge is 2.25. The number of hydrogen-bond acceptors (Lipinski definition) is 3. The van der Waals surface area contributed by atoms with Crippen LogP contribution in [0.25, 0.3) is 6.08 Å². The lowest BCUT2D eigenvalue weighted by Crippen LogP contribution is -2.41. The lowest BCUT2D eigenvalue weighted by atomic mass is 9.96. The van der Waals surface area contributed by atoms with E-state index in [1.807, 2.05) is 24.3 Å². The van der Waals surface area contributed by atoms with Crippen molar-refractivity contribution in [2.75, 3.05) is 31.5 Å². The van der Waals surface area contributed by atoms with Crippen LogP contribution in [-0.2, 0) is 9.59 Å². The van der Waals surface area contributed by atoms with Crippen LogP contribution in [0.1, 0.15) is 37.7 Å². The zero-order valence-corrected chi connectivity index (χ0v) is 20.2. The molecule has 33 heavy (non-hydrogen) atoms. The zero-order chi connectivity index (χ0) is 23.5. The Balaban J connectivity index is 1.28. The number of nitrogens with zero attached hydrogens (tertiary/aromatic N) is 1. The van der Waals surface area contributed by atoms with E-state index in [1.165, 1.54) is 0 Å². The number of amides is 2. The van der Waals surface area contributed by atoms with Crippen molar-refractivity contribution in [3.63, 3.8) is 0 Å². The second-order valence-electron chi connectivity index (χ2n) is 8.38. The highest BCUT2D eigenvalue weighted by molar-refractivity contribution is 6.31. The van der Waals surface area contributed by atoms with Crippen molar-refractivity contribution in [3.8, 4) is 0 Å². The lowest BCUT2D eigenvalue weighted by molar-refractivity contribution is -0.121. The molecule has 5 nitrogen and oxygen atoms in total. The van der Waals surface area contributed by atoms with E-state index in [-0.39, 0.29) is 17.7 Å². The van der Waals surface area contributed by atoms with Crippen LogP contribution in [-0.4, -0.2) is 42.9 Å². The van der Waals surface area contributed by atoms with Gasteiger partial charge in [-0.1, -0.05) is 47.8 Å². The third kappa shape index (κ3) is 9.20. The molecular weight excluding hydrogens is 457 g/mol. The maximum atomic E-state index is 12.6. The maximum absolute atomic E-state index is 12.6. The monoisotopic (exact) mass is 487 g/mol. The van der Waals surface area contributed by atoms with Crippen molar-refractivity contribution in [2.24, 2.45) is 5.92 Å². The molecular formula is C26H31Cl2N3O2. The van der Waals surface area contributed by atoms with Gasteiger partial charge in [-0.05, 0) is 80.7 Å². The topological polar surface area (TPSA) is 61.4 Å². The summed E-state index contributed by atoms with van der Waals surface area (Å²) in [6.45, 7) is 3.46. The van der Waals surface area contributed by atoms with Gasteiger partial charge in [-0.3, -0.25) is 9.59 Å². The lowest BCUT2D eigenvalue weighted by Gasteiger charge is -2.32. The first kappa shape index (κ1) is 25.3. The molecule has 1 aliphatic rings. The summed E-state index contributed by atoms with van der Waals surface area (Å²) in [6, 6.07) is 14.6. The first-order valence-electron chi connectivity index (χ1n) is 11.5. The van der Waals surface area contributed by atoms with Gasteiger partial charge < -0.3 is 15.5 Å². The van der Waals surface area contributed by atoms with Crippen LogP contribution in [0.15, 0.2) is 54.6 Å². The minimum absolute atomic E-state index is 0.00412. The Labute approximate surface area is 206 Å². The fourth-order valence-electron chi connectivity index (χ4n) is 3.94. The molecule has 0 saturated carbocycles. The van der Waals surface area contributed by atoms with Crippen molar-refractivity contribution < 1.29 is 9.59 Å². The molecule has 1 heterocycles. The second kappa shape index (κ2) is 13.4. The Morgan fingerprint density at radius 1 is 1.03 bits per heavy atom. The van der Waals surface area contributed by atoms with Crippen molar-refractivity contribution in [1.29, 1.82) is 0 Å². The molecule has 0 aliphatic carbocycles. The highest BCUT2D eigenvalue weighted by atomic mass is 35.5. The van der Waals surface area contributed by atoms with Gasteiger partial charge in [0.2, 0.25) is 11.8 Å². The number of anilines is 1. The van der Waals surface area contributed by atoms with Crippen LogP contribution >= 0.6 is 23.2 Å². The molecule has 7 heteroatoms. The fourth-order valence-corrected chi connectivity index (χ4v) is 4.25. The number of carbonyl (C=O) groups is 2. The Morgan fingerprint density at radius 3 is 2.64 bits per heavy atom. The van der Waals surface area contributed by atoms with Crippen LogP contribution in [0.3, 0.4) is 0 Å². The molecule has 1 saturated heterocycles. The Morgan fingerprint density at radius 2 is 1.85 bits per heavy atom. The van der Waals surface area contributed by atoms with Gasteiger partial charge in [-0.15, -0.1) is 0 Å². The SMILES string of the molecule is O=C(/C=C/c1ccc(Cl)cc1)NCCCCCN1CCCC(C(=O)Nc2cccc(Cl)c2)C1. The number of likely N-dealkylation sites (tertiary alicyclic amines) is 1. The van der Waals surface area contributed by atoms with E-state index < -0.39 is 0 Å². The summed E-state index contributed by atoms with van der Waals surface area (Å²) in [5.74, 6) is -0.0182. The molecule has 1 aliphatic heterocycles. The average Bonchev–Trinajstić information content (AvgIpc) is 2.81. The summed E-state index contributed by atoms with van der Waals surface area (Å²) >= 11 is 11.9. The predicted octanol–water partition coefficient (Wildman–Crippen LogP) is 5.64. The third-order valence-electron chi connectivity index (χ3n) is 5.72. The van der Waals surface area contributed by atoms with Gasteiger partial charge in [0.15, 0.2) is 0 Å². The largest absolute Gasteiger partial charge is 0.353 e. The van der Waals surface area contributed by atoms with Crippen molar-refractivity contribution >= 4 is 46.8 Å². The van der Waals surface area contributed by atoms with E-state index in [4.69, 9.17) is 23.2 Å². The molecule has 0 aromatic heterocycles. The number of rotatable bonds is 10. The van der Waals surface area contributed by atoms with E-state index in [2.05, 4.69) is 15.5 Å². The Kier molecular flexibility index (Phi) is 10.3. The molecule has 1 unspecified atom stereocenters. The summed E-state index contributed by atoms with van der Waals surface area (Å²) in [7, 11) is 0. The number of carbonyl (C=O) groups excluding carboxylic acids is 2. The molecule has 3 rings (SSSR count). The average molecular weight is 488 g/mol. The Bertz CT molecular complexity index is 947. The second-order valence-corrected chi connectivity index (χ2v) is 9.25. The first-order valence-corrected chi connectivity index (χ1v) is 12.3. The standard InChI is InChI=1S/C26H31Cl2N3O2/c27-22-12-9-20(10-13-22)11-14-25(32)29-15-2-1-3-16-31-17-5-6-21(19-31)26(33)30-24-8-4-7-23(28)18-24/h4,7-14,18,21H,1-3,5-6,15-17,19H2,(H,29,32)(H,30,33)/b14-11+. The van der Waals surface area contributed by atoms with Crippen LogP contribution in [0.2, 0.25) is 10.0 Å². The number of piperidine rings is 1. The van der Waals surface area contributed by atoms with Crippen LogP contribution < -0.4 is 10.6 Å². The number of halogens is 2. The maximum Gasteiger partial charge on any atom is 0.243 e. The van der Waals surface area contributed by atoms with E-state index >= 15 is 0 Å². The highest BCUT2D eigenvalue weighted by Crippen LogP contribution is 2.21. The van der Waals surface area contributed by atoms with Crippen molar-refractivity contribution in [1.82, 2.24) is 10.2 Å². The van der Waals surface area contributed by atoms with Crippen LogP contribution in [0.5, 0.6) is 0 Å². The minimum Gasteiger partial charge on any atom is -0.353 e. The quantitative estimate of drug-likeness (QED) is 0.336. The molecule has 176 valence electrons. The third-order valence-corrected chi connectivity index (χ3v) is 6.20. The van der Waals surface area contributed by atoms with Gasteiger partial charge >= 0.3 is 0 Å². The van der Waals surface area contributed by atoms with Crippen molar-refractivity contribution in [3.05, 3.63) is 70.2 Å². The summed E-state index contributed by atoms with van der Waals surface area (Å²) in [4.78, 5) is 26.9. The minimum atomic E-state index is -0.0884. The smallest absolute Gasteiger partial charge is 0.243 e. The van der Waals surface area contributed by atoms with Gasteiger partial charge in [0, 0.05) is 34.9 Å². The fraction of sp³-hybridized carbons (Fsp3) is 0.385. The number of hydrogen-bond donors (Lipinski definition) is 2. The van der Waals surface area contributed by atoms with E-state index in [0.29, 0.717) is 16.6 Å². The van der Waals surface area contributed by atoms with E-state index in [9.17, 15) is 9.59 Å². The Hall–Kier alpha value is -2.34. The summed E-state index contributed by atoms with van der Waals surface area (Å²) in [5, 5.41) is 7.21.